The van der Waals surface area contributed by atoms with Gasteiger partial charge in [0.25, 0.3) is 9.07 Å². The summed E-state index contributed by atoms with van der Waals surface area (Å²) >= 11 is 5.63. The van der Waals surface area contributed by atoms with Crippen molar-refractivity contribution >= 4 is 20.2 Å². The Bertz CT molecular complexity index is 74.5. The molecule has 3 heteroatoms. The molecule has 0 aromatic heterocycles. The van der Waals surface area contributed by atoms with Gasteiger partial charge >= 0.3 is 0 Å². The number of hydrogen-bond donors (Lipinski definition) is 0. The highest BCUT2D eigenvalue weighted by atomic mass is 35.6. The Hall–Kier alpha value is 0.467. The highest BCUT2D eigenvalue weighted by Crippen LogP contribution is 2.10. The molecule has 0 amide bonds. The Morgan fingerprint density at radius 2 is 2.00 bits per heavy atom. The topological polar surface area (TPSA) is 9.23 Å². The first-order valence-corrected chi connectivity index (χ1v) is 7.24. The molecule has 0 fully saturated rings. The Kier molecular flexibility index (Phi) is 8.93. The molecule has 0 aliphatic carbocycles. The van der Waals surface area contributed by atoms with Gasteiger partial charge in [-0.25, -0.2) is 0 Å². The van der Waals surface area contributed by atoms with Crippen LogP contribution in [-0.2, 0) is 4.43 Å². The summed E-state index contributed by atoms with van der Waals surface area (Å²) in [6.07, 6.45) is 6.58. The molecule has 1 nitrogen and oxygen atoms in total. The maximum atomic E-state index is 5.63. The summed E-state index contributed by atoms with van der Waals surface area (Å²) in [4.78, 5) is 0. The molecule has 1 unspecified atom stereocenters. The van der Waals surface area contributed by atoms with Crippen molar-refractivity contribution in [2.45, 2.75) is 52.1 Å². The summed E-state index contributed by atoms with van der Waals surface area (Å²) in [5.41, 5.74) is 0. The molecule has 0 N–H and O–H groups in total. The molecule has 0 spiro atoms. The van der Waals surface area contributed by atoms with Crippen LogP contribution in [0, 0.1) is 0 Å². The maximum Gasteiger partial charge on any atom is 0.258 e. The van der Waals surface area contributed by atoms with E-state index >= 15 is 0 Å². The van der Waals surface area contributed by atoms with E-state index in [0.717, 1.165) is 0 Å². The third kappa shape index (κ3) is 6.85. The molecular weight excluding hydrogens is 176 g/mol. The fourth-order valence-corrected chi connectivity index (χ4v) is 2.20. The van der Waals surface area contributed by atoms with Gasteiger partial charge in [0.15, 0.2) is 0 Å². The molecule has 0 aliphatic rings. The van der Waals surface area contributed by atoms with Gasteiger partial charge in [0.05, 0.1) is 0 Å². The lowest BCUT2D eigenvalue weighted by atomic mass is 10.1. The Morgan fingerprint density at radius 1 is 1.27 bits per heavy atom. The summed E-state index contributed by atoms with van der Waals surface area (Å²) < 4.78 is 5.49. The Labute approximate surface area is 77.1 Å². The second-order valence-electron chi connectivity index (χ2n) is 2.83. The zero-order valence-corrected chi connectivity index (χ0v) is 9.78. The zero-order chi connectivity index (χ0) is 8.53. The zero-order valence-electron chi connectivity index (χ0n) is 7.61. The summed E-state index contributed by atoms with van der Waals surface area (Å²) in [5.74, 6) is 0. The third-order valence-electron chi connectivity index (χ3n) is 1.79. The number of hydrogen-bond acceptors (Lipinski definition) is 1. The van der Waals surface area contributed by atoms with Crippen molar-refractivity contribution in [2.75, 3.05) is 0 Å². The molecule has 11 heavy (non-hydrogen) atoms. The van der Waals surface area contributed by atoms with E-state index in [9.17, 15) is 0 Å². The van der Waals surface area contributed by atoms with Crippen LogP contribution in [0.5, 0.6) is 0 Å². The largest absolute Gasteiger partial charge is 0.405 e. The number of halogens is 1. The minimum atomic E-state index is -0.710. The first-order chi connectivity index (χ1) is 5.35. The minimum absolute atomic E-state index is 0.462. The van der Waals surface area contributed by atoms with E-state index in [4.69, 9.17) is 15.5 Å². The van der Waals surface area contributed by atoms with Crippen molar-refractivity contribution < 1.29 is 4.43 Å². The first kappa shape index (κ1) is 11.5. The van der Waals surface area contributed by atoms with Gasteiger partial charge in [0.1, 0.15) is 0 Å². The van der Waals surface area contributed by atoms with E-state index < -0.39 is 9.07 Å². The van der Waals surface area contributed by atoms with Crippen molar-refractivity contribution in [1.82, 2.24) is 0 Å². The van der Waals surface area contributed by atoms with Gasteiger partial charge in [-0.15, -0.1) is 11.1 Å². The summed E-state index contributed by atoms with van der Waals surface area (Å²) in [6, 6.07) is 0. The lowest BCUT2D eigenvalue weighted by Gasteiger charge is -2.14. The van der Waals surface area contributed by atoms with Crippen LogP contribution in [0.1, 0.15) is 46.0 Å². The van der Waals surface area contributed by atoms with Gasteiger partial charge in [0.2, 0.25) is 0 Å². The fraction of sp³-hybridized carbons (Fsp3) is 1.00. The molecule has 0 aromatic carbocycles. The smallest absolute Gasteiger partial charge is 0.258 e. The highest BCUT2D eigenvalue weighted by Gasteiger charge is 2.05. The monoisotopic (exact) mass is 194 g/mol. The van der Waals surface area contributed by atoms with Gasteiger partial charge in [-0.2, -0.15) is 0 Å². The van der Waals surface area contributed by atoms with Crippen molar-refractivity contribution in [3.05, 3.63) is 0 Å². The minimum Gasteiger partial charge on any atom is -0.405 e. The van der Waals surface area contributed by atoms with Gasteiger partial charge in [-0.1, -0.05) is 33.1 Å². The average Bonchev–Trinajstić information content (AvgIpc) is 2.01. The van der Waals surface area contributed by atoms with E-state index in [0.29, 0.717) is 6.10 Å². The van der Waals surface area contributed by atoms with Crippen molar-refractivity contribution in [3.8, 4) is 0 Å². The van der Waals surface area contributed by atoms with Crippen LogP contribution < -0.4 is 0 Å². The molecule has 0 aromatic rings. The Morgan fingerprint density at radius 3 is 2.45 bits per heavy atom. The molecule has 0 saturated heterocycles. The maximum absolute atomic E-state index is 5.63. The van der Waals surface area contributed by atoms with Gasteiger partial charge in [0, 0.05) is 6.10 Å². The van der Waals surface area contributed by atoms with Crippen LogP contribution in [-0.4, -0.2) is 15.2 Å². The predicted molar refractivity (Wildman–Crippen MR) is 53.7 cm³/mol. The van der Waals surface area contributed by atoms with E-state index in [-0.39, 0.29) is 0 Å². The Balaban J connectivity index is 3.34. The van der Waals surface area contributed by atoms with Crippen molar-refractivity contribution in [3.63, 3.8) is 0 Å². The lowest BCUT2D eigenvalue weighted by molar-refractivity contribution is 0.191. The van der Waals surface area contributed by atoms with Crippen LogP contribution >= 0.6 is 11.1 Å². The molecule has 1 atom stereocenters. The number of unbranched alkanes of at least 4 members (excludes halogenated alkanes) is 1. The van der Waals surface area contributed by atoms with E-state index in [1.165, 1.54) is 32.1 Å². The second-order valence-corrected chi connectivity index (χ2v) is 4.03. The van der Waals surface area contributed by atoms with Crippen LogP contribution in [0.3, 0.4) is 0 Å². The third-order valence-corrected chi connectivity index (χ3v) is 2.76. The van der Waals surface area contributed by atoms with E-state index in [2.05, 4.69) is 13.8 Å². The standard InChI is InChI=1S/C8H19ClOSi/c1-3-5-7-8(6-4-2)10-11-9/h8H,3-7,11H2,1-2H3. The summed E-state index contributed by atoms with van der Waals surface area (Å²) in [7, 11) is -0.710. The lowest BCUT2D eigenvalue weighted by Crippen LogP contribution is -2.12. The summed E-state index contributed by atoms with van der Waals surface area (Å²) in [6.45, 7) is 4.40. The molecule has 0 rings (SSSR count). The van der Waals surface area contributed by atoms with Crippen LogP contribution in [0.2, 0.25) is 0 Å². The molecule has 0 saturated carbocycles. The first-order valence-electron chi connectivity index (χ1n) is 4.52. The molecule has 0 radical (unpaired) electrons. The second kappa shape index (κ2) is 8.56. The van der Waals surface area contributed by atoms with E-state index in [1.54, 1.807) is 0 Å². The number of rotatable bonds is 7. The van der Waals surface area contributed by atoms with Crippen molar-refractivity contribution in [1.29, 1.82) is 0 Å². The fourth-order valence-electron chi connectivity index (χ4n) is 1.15. The quantitative estimate of drug-likeness (QED) is 0.447. The molecule has 68 valence electrons. The van der Waals surface area contributed by atoms with Gasteiger partial charge < -0.3 is 4.43 Å². The van der Waals surface area contributed by atoms with Gasteiger partial charge in [-0.05, 0) is 12.8 Å². The van der Waals surface area contributed by atoms with Crippen molar-refractivity contribution in [2.24, 2.45) is 0 Å². The molecule has 0 aliphatic heterocycles. The SMILES string of the molecule is CCCCC(CCC)O[SiH2]Cl. The van der Waals surface area contributed by atoms with Crippen LogP contribution in [0.4, 0.5) is 0 Å². The summed E-state index contributed by atoms with van der Waals surface area (Å²) in [5, 5.41) is 0. The average molecular weight is 195 g/mol. The van der Waals surface area contributed by atoms with Crippen LogP contribution in [0.15, 0.2) is 0 Å². The van der Waals surface area contributed by atoms with E-state index in [1.807, 2.05) is 0 Å². The molecule has 0 bridgehead atoms. The molecular formula is C8H19ClOSi. The highest BCUT2D eigenvalue weighted by molar-refractivity contribution is 6.89. The predicted octanol–water partition coefficient (Wildman–Crippen LogP) is 2.60. The van der Waals surface area contributed by atoms with Crippen LogP contribution in [0.25, 0.3) is 0 Å². The van der Waals surface area contributed by atoms with Gasteiger partial charge in [-0.3, -0.25) is 0 Å². The molecule has 0 heterocycles. The normalized spacial score (nSPS) is 14.5.